The number of nitrogens with zero attached hydrogens (tertiary/aromatic N) is 1. The first kappa shape index (κ1) is 22.2. The number of anilines is 2. The number of hydrogen-bond acceptors (Lipinski definition) is 5. The van der Waals surface area contributed by atoms with E-state index in [1.165, 1.54) is 12.1 Å². The number of fused-ring (bicyclic) bond motifs is 3. The van der Waals surface area contributed by atoms with E-state index in [1.54, 1.807) is 30.3 Å². The van der Waals surface area contributed by atoms with E-state index in [1.807, 2.05) is 31.2 Å². The Morgan fingerprint density at radius 2 is 1.85 bits per heavy atom. The molecule has 0 unspecified atom stereocenters. The summed E-state index contributed by atoms with van der Waals surface area (Å²) in [7, 11) is -3.75. The molecule has 2 aliphatic rings. The van der Waals surface area contributed by atoms with Crippen molar-refractivity contribution in [3.63, 3.8) is 0 Å². The molecule has 0 saturated heterocycles. The van der Waals surface area contributed by atoms with Crippen LogP contribution in [0.15, 0.2) is 83.8 Å². The van der Waals surface area contributed by atoms with E-state index >= 15 is 0 Å². The van der Waals surface area contributed by atoms with Crippen molar-refractivity contribution in [2.75, 3.05) is 10.0 Å². The van der Waals surface area contributed by atoms with Gasteiger partial charge in [0.25, 0.3) is 15.7 Å². The summed E-state index contributed by atoms with van der Waals surface area (Å²) >= 11 is 0. The fourth-order valence-electron chi connectivity index (χ4n) is 5.00. The van der Waals surface area contributed by atoms with Gasteiger partial charge in [-0.15, -0.1) is 0 Å². The summed E-state index contributed by atoms with van der Waals surface area (Å²) in [5.41, 5.74) is 4.40. The zero-order chi connectivity index (χ0) is 23.9. The summed E-state index contributed by atoms with van der Waals surface area (Å²) in [6.45, 7) is 1.99. The number of para-hydroxylation sites is 1. The zero-order valence-electron chi connectivity index (χ0n) is 18.6. The second-order valence-corrected chi connectivity index (χ2v) is 10.4. The molecule has 8 heteroatoms. The molecule has 5 rings (SSSR count). The lowest BCUT2D eigenvalue weighted by Crippen LogP contribution is -2.29. The van der Waals surface area contributed by atoms with Gasteiger partial charge < -0.3 is 5.32 Å². The number of benzene rings is 3. The van der Waals surface area contributed by atoms with Gasteiger partial charge in [0, 0.05) is 23.7 Å². The Kier molecular flexibility index (Phi) is 5.61. The molecular formula is C26H25N3O4S. The van der Waals surface area contributed by atoms with Gasteiger partial charge in [0.15, 0.2) is 0 Å². The third-order valence-corrected chi connectivity index (χ3v) is 8.11. The molecule has 0 spiro atoms. The van der Waals surface area contributed by atoms with Gasteiger partial charge in [-0.1, -0.05) is 49.4 Å². The van der Waals surface area contributed by atoms with Crippen molar-refractivity contribution in [3.05, 3.63) is 106 Å². The van der Waals surface area contributed by atoms with Crippen LogP contribution < -0.4 is 10.0 Å². The third kappa shape index (κ3) is 3.94. The minimum atomic E-state index is -3.75. The highest BCUT2D eigenvalue weighted by Crippen LogP contribution is 2.50. The summed E-state index contributed by atoms with van der Waals surface area (Å²) in [6, 6.07) is 19.2. The van der Waals surface area contributed by atoms with E-state index in [0.29, 0.717) is 5.69 Å². The van der Waals surface area contributed by atoms with Crippen LogP contribution in [0.2, 0.25) is 0 Å². The van der Waals surface area contributed by atoms with Gasteiger partial charge in [-0.3, -0.25) is 14.8 Å². The first-order valence-corrected chi connectivity index (χ1v) is 12.8. The second kappa shape index (κ2) is 8.61. The average Bonchev–Trinajstić information content (AvgIpc) is 3.34. The highest BCUT2D eigenvalue weighted by Gasteiger charge is 2.38. The molecule has 0 bridgehead atoms. The van der Waals surface area contributed by atoms with Crippen LogP contribution in [0, 0.1) is 16.0 Å². The summed E-state index contributed by atoms with van der Waals surface area (Å²) in [6.07, 6.45) is 5.84. The normalized spacial score (nSPS) is 20.8. The number of aryl methyl sites for hydroxylation is 1. The average molecular weight is 476 g/mol. The molecule has 3 atom stereocenters. The number of allylic oxidation sites excluding steroid dienone is 2. The molecule has 0 radical (unpaired) electrons. The molecule has 1 aliphatic carbocycles. The smallest absolute Gasteiger partial charge is 0.269 e. The molecule has 34 heavy (non-hydrogen) atoms. The quantitative estimate of drug-likeness (QED) is 0.267. The molecule has 7 nitrogen and oxygen atoms in total. The van der Waals surface area contributed by atoms with Crippen LogP contribution in [-0.2, 0) is 16.4 Å². The number of sulfonamides is 1. The maximum atomic E-state index is 13.2. The van der Waals surface area contributed by atoms with E-state index in [4.69, 9.17) is 0 Å². The van der Waals surface area contributed by atoms with E-state index in [9.17, 15) is 18.5 Å². The highest BCUT2D eigenvalue weighted by molar-refractivity contribution is 7.92. The molecule has 0 aromatic heterocycles. The van der Waals surface area contributed by atoms with Crippen molar-refractivity contribution >= 4 is 27.1 Å². The Labute approximate surface area is 198 Å². The first-order valence-electron chi connectivity index (χ1n) is 11.3. The minimum Gasteiger partial charge on any atom is -0.378 e. The molecule has 174 valence electrons. The van der Waals surface area contributed by atoms with Crippen LogP contribution in [0.4, 0.5) is 17.1 Å². The molecule has 0 saturated carbocycles. The van der Waals surface area contributed by atoms with Crippen molar-refractivity contribution in [2.24, 2.45) is 5.92 Å². The predicted molar refractivity (Wildman–Crippen MR) is 133 cm³/mol. The first-order chi connectivity index (χ1) is 16.4. The number of rotatable bonds is 6. The summed E-state index contributed by atoms with van der Waals surface area (Å²) in [5, 5.41) is 14.6. The van der Waals surface area contributed by atoms with Gasteiger partial charge >= 0.3 is 0 Å². The highest BCUT2D eigenvalue weighted by atomic mass is 32.2. The Balaban J connectivity index is 1.47. The van der Waals surface area contributed by atoms with Gasteiger partial charge in [-0.2, -0.15) is 0 Å². The third-order valence-electron chi connectivity index (χ3n) is 6.75. The Morgan fingerprint density at radius 1 is 1.09 bits per heavy atom. The van der Waals surface area contributed by atoms with E-state index in [2.05, 4.69) is 22.2 Å². The van der Waals surface area contributed by atoms with E-state index in [0.717, 1.165) is 35.2 Å². The van der Waals surface area contributed by atoms with Gasteiger partial charge in [-0.05, 0) is 59.7 Å². The summed E-state index contributed by atoms with van der Waals surface area (Å²) in [5.74, 6) is 0.259. The fraction of sp³-hybridized carbons (Fsp3) is 0.231. The number of nitro groups is 1. The molecule has 3 aromatic rings. The Hall–Kier alpha value is -3.65. The number of nitrogens with one attached hydrogen (secondary N) is 2. The number of hydrogen-bond donors (Lipinski definition) is 2. The monoisotopic (exact) mass is 475 g/mol. The van der Waals surface area contributed by atoms with Crippen LogP contribution in [0.25, 0.3) is 0 Å². The minimum absolute atomic E-state index is 0.0229. The maximum Gasteiger partial charge on any atom is 0.269 e. The van der Waals surface area contributed by atoms with Gasteiger partial charge in [0.1, 0.15) is 0 Å². The van der Waals surface area contributed by atoms with E-state index in [-0.39, 0.29) is 28.5 Å². The molecule has 2 N–H and O–H groups in total. The van der Waals surface area contributed by atoms with Crippen molar-refractivity contribution in [3.8, 4) is 0 Å². The van der Waals surface area contributed by atoms with Crippen molar-refractivity contribution in [2.45, 2.75) is 36.6 Å². The van der Waals surface area contributed by atoms with Gasteiger partial charge in [0.05, 0.1) is 21.5 Å². The van der Waals surface area contributed by atoms with Crippen LogP contribution in [0.3, 0.4) is 0 Å². The fourth-order valence-corrected chi connectivity index (χ4v) is 6.14. The van der Waals surface area contributed by atoms with Gasteiger partial charge in [-0.25, -0.2) is 8.42 Å². The van der Waals surface area contributed by atoms with Crippen LogP contribution in [-0.4, -0.2) is 13.3 Å². The molecule has 0 amide bonds. The lowest BCUT2D eigenvalue weighted by atomic mass is 9.77. The summed E-state index contributed by atoms with van der Waals surface area (Å²) < 4.78 is 29.2. The van der Waals surface area contributed by atoms with Crippen LogP contribution in [0.5, 0.6) is 0 Å². The SMILES string of the molecule is CCc1ccccc1NS(=O)(=O)c1ccc2c(c1)[C@H]1C=CC[C@H]1[C@@H](c1ccc([N+](=O)[O-])cc1)N2. The lowest BCUT2D eigenvalue weighted by Gasteiger charge is -2.37. The van der Waals surface area contributed by atoms with Gasteiger partial charge in [0.2, 0.25) is 0 Å². The van der Waals surface area contributed by atoms with Crippen LogP contribution in [0.1, 0.15) is 42.0 Å². The number of nitro benzene ring substituents is 1. The second-order valence-electron chi connectivity index (χ2n) is 8.69. The molecule has 1 aliphatic heterocycles. The molecular weight excluding hydrogens is 450 g/mol. The van der Waals surface area contributed by atoms with Crippen molar-refractivity contribution < 1.29 is 13.3 Å². The molecule has 1 heterocycles. The molecule has 0 fully saturated rings. The largest absolute Gasteiger partial charge is 0.378 e. The Morgan fingerprint density at radius 3 is 2.59 bits per heavy atom. The zero-order valence-corrected chi connectivity index (χ0v) is 19.5. The lowest BCUT2D eigenvalue weighted by molar-refractivity contribution is -0.384. The maximum absolute atomic E-state index is 13.2. The topological polar surface area (TPSA) is 101 Å². The van der Waals surface area contributed by atoms with E-state index < -0.39 is 14.9 Å². The standard InChI is InChI=1S/C26H25N3O4S/c1-2-17-6-3-4-9-24(17)28-34(32,33)20-14-15-25-23(16-20)21-7-5-8-22(21)26(27-25)18-10-12-19(13-11-18)29(30)31/h3-7,9-16,21-22,26-28H,2,8H2,1H3/t21-,22+,26+/m0/s1. The van der Waals surface area contributed by atoms with Crippen molar-refractivity contribution in [1.29, 1.82) is 0 Å². The predicted octanol–water partition coefficient (Wildman–Crippen LogP) is 5.78. The number of non-ortho nitro benzene ring substituents is 1. The van der Waals surface area contributed by atoms with Crippen LogP contribution >= 0.6 is 0 Å². The molecule has 3 aromatic carbocycles. The van der Waals surface area contributed by atoms with Crippen molar-refractivity contribution in [1.82, 2.24) is 0 Å². The summed E-state index contributed by atoms with van der Waals surface area (Å²) in [4.78, 5) is 10.9. The Bertz CT molecular complexity index is 1380.